The van der Waals surface area contributed by atoms with Gasteiger partial charge in [-0.1, -0.05) is 43.7 Å². The fraction of sp³-hybridized carbons (Fsp3) is 0.440. The Hall–Kier alpha value is -3.08. The van der Waals surface area contributed by atoms with E-state index >= 15 is 0 Å². The molecule has 3 N–H and O–H groups in total. The summed E-state index contributed by atoms with van der Waals surface area (Å²) >= 11 is 0. The number of aliphatic carboxylic acids is 1. The normalized spacial score (nSPS) is 14.5. The highest BCUT2D eigenvalue weighted by molar-refractivity contribution is 7.92. The van der Waals surface area contributed by atoms with Crippen LogP contribution in [0.15, 0.2) is 41.3 Å². The van der Waals surface area contributed by atoms with Crippen LogP contribution in [0.1, 0.15) is 48.9 Å². The number of anilines is 1. The van der Waals surface area contributed by atoms with E-state index < -0.39 is 27.6 Å². The van der Waals surface area contributed by atoms with Crippen LogP contribution in [0.4, 0.5) is 18.9 Å². The number of benzene rings is 2. The van der Waals surface area contributed by atoms with Gasteiger partial charge < -0.3 is 10.4 Å². The fourth-order valence-corrected chi connectivity index (χ4v) is 5.41. The minimum absolute atomic E-state index is 0.0606. The molecule has 0 aliphatic heterocycles. The number of amides is 1. The highest BCUT2D eigenvalue weighted by atomic mass is 32.2. The van der Waals surface area contributed by atoms with Crippen molar-refractivity contribution in [3.8, 4) is 0 Å². The molecule has 0 atom stereocenters. The van der Waals surface area contributed by atoms with Crippen LogP contribution in [0.3, 0.4) is 0 Å². The van der Waals surface area contributed by atoms with Gasteiger partial charge in [-0.3, -0.25) is 9.52 Å². The van der Waals surface area contributed by atoms with Crippen molar-refractivity contribution >= 4 is 27.6 Å². The Morgan fingerprint density at radius 2 is 1.50 bits per heavy atom. The second-order valence-electron chi connectivity index (χ2n) is 9.40. The number of carbonyl (C=O) groups excluding carboxylic acids is 1. The zero-order valence-electron chi connectivity index (χ0n) is 20.8. The molecule has 36 heavy (non-hydrogen) atoms. The summed E-state index contributed by atoms with van der Waals surface area (Å²) in [5.74, 6) is -2.29. The molecule has 1 fully saturated rings. The number of nitrogens with one attached hydrogen (secondary N) is 2. The SMILES string of the molecule is Cc1cc(C)c(S(=O)(=O)Nc2ccc(C3(C(=O)NCC(C)C)CC3)cc2)c(C)c1.O=C(O)C(F)(F)F. The van der Waals surface area contributed by atoms with Gasteiger partial charge in [-0.25, -0.2) is 13.2 Å². The fourth-order valence-electron chi connectivity index (χ4n) is 3.89. The molecule has 0 bridgehead atoms. The molecular formula is C25H31F3N2O5S. The molecule has 0 unspecified atom stereocenters. The number of hydrogen-bond acceptors (Lipinski definition) is 4. The number of halogens is 3. The van der Waals surface area contributed by atoms with E-state index in [1.165, 1.54) is 0 Å². The lowest BCUT2D eigenvalue weighted by molar-refractivity contribution is -0.192. The van der Waals surface area contributed by atoms with Crippen molar-refractivity contribution in [3.63, 3.8) is 0 Å². The molecule has 2 aromatic rings. The molecule has 0 aromatic heterocycles. The highest BCUT2D eigenvalue weighted by Gasteiger charge is 2.51. The van der Waals surface area contributed by atoms with E-state index in [9.17, 15) is 26.4 Å². The highest BCUT2D eigenvalue weighted by Crippen LogP contribution is 2.48. The van der Waals surface area contributed by atoms with Crippen LogP contribution in [-0.4, -0.2) is 38.1 Å². The molecule has 198 valence electrons. The van der Waals surface area contributed by atoms with E-state index in [1.807, 2.05) is 45.0 Å². The lowest BCUT2D eigenvalue weighted by atomic mass is 9.94. The van der Waals surface area contributed by atoms with E-state index in [0.29, 0.717) is 23.0 Å². The van der Waals surface area contributed by atoms with E-state index in [-0.39, 0.29) is 5.91 Å². The first-order valence-corrected chi connectivity index (χ1v) is 12.8. The molecule has 3 rings (SSSR count). The number of sulfonamides is 1. The van der Waals surface area contributed by atoms with Gasteiger partial charge in [0.15, 0.2) is 0 Å². The first-order chi connectivity index (χ1) is 16.5. The van der Waals surface area contributed by atoms with E-state index in [0.717, 1.165) is 35.1 Å². The molecule has 0 heterocycles. The number of alkyl halides is 3. The smallest absolute Gasteiger partial charge is 0.475 e. The van der Waals surface area contributed by atoms with Gasteiger partial charge in [-0.05, 0) is 68.4 Å². The Morgan fingerprint density at radius 1 is 1.03 bits per heavy atom. The number of rotatable bonds is 7. The number of carboxylic acid groups (broad SMARTS) is 1. The zero-order valence-corrected chi connectivity index (χ0v) is 21.6. The molecule has 1 amide bonds. The Balaban J connectivity index is 0.000000572. The van der Waals surface area contributed by atoms with E-state index in [2.05, 4.69) is 23.9 Å². The zero-order chi connectivity index (χ0) is 27.5. The van der Waals surface area contributed by atoms with E-state index in [4.69, 9.17) is 9.90 Å². The van der Waals surface area contributed by atoms with Gasteiger partial charge in [-0.2, -0.15) is 13.2 Å². The second kappa shape index (κ2) is 10.9. The standard InChI is InChI=1S/C23H30N2O3S.C2HF3O2/c1-15(2)14-24-22(26)23(10-11-23)19-6-8-20(9-7-19)25-29(27,28)21-17(4)12-16(3)13-18(21)5;3-2(4,5)1(6)7/h6-9,12-13,15,25H,10-11,14H2,1-5H3,(H,24,26);(H,6,7). The van der Waals surface area contributed by atoms with Crippen molar-refractivity contribution in [2.75, 3.05) is 11.3 Å². The van der Waals surface area contributed by atoms with Crippen LogP contribution in [0.2, 0.25) is 0 Å². The molecule has 0 radical (unpaired) electrons. The number of carboxylic acids is 1. The van der Waals surface area contributed by atoms with Crippen molar-refractivity contribution in [3.05, 3.63) is 58.7 Å². The van der Waals surface area contributed by atoms with Gasteiger partial charge in [0, 0.05) is 12.2 Å². The van der Waals surface area contributed by atoms with Gasteiger partial charge in [0.05, 0.1) is 10.3 Å². The van der Waals surface area contributed by atoms with Crippen LogP contribution in [0.5, 0.6) is 0 Å². The minimum Gasteiger partial charge on any atom is -0.475 e. The summed E-state index contributed by atoms with van der Waals surface area (Å²) in [6.07, 6.45) is -3.44. The molecule has 2 aromatic carbocycles. The molecule has 7 nitrogen and oxygen atoms in total. The average molecular weight is 529 g/mol. The van der Waals surface area contributed by atoms with Gasteiger partial charge >= 0.3 is 12.1 Å². The van der Waals surface area contributed by atoms with Gasteiger partial charge in [0.2, 0.25) is 5.91 Å². The lowest BCUT2D eigenvalue weighted by Gasteiger charge is -2.18. The largest absolute Gasteiger partial charge is 0.490 e. The predicted octanol–water partition coefficient (Wildman–Crippen LogP) is 4.85. The molecule has 1 aliphatic carbocycles. The summed E-state index contributed by atoms with van der Waals surface area (Å²) in [5.41, 5.74) is 3.46. The molecule has 1 saturated carbocycles. The summed E-state index contributed by atoms with van der Waals surface area (Å²) in [4.78, 5) is 21.8. The number of hydrogen-bond donors (Lipinski definition) is 3. The van der Waals surface area contributed by atoms with Crippen LogP contribution in [0.25, 0.3) is 0 Å². The summed E-state index contributed by atoms with van der Waals surface area (Å²) in [7, 11) is -3.69. The van der Waals surface area contributed by atoms with Crippen LogP contribution in [0, 0.1) is 26.7 Å². The van der Waals surface area contributed by atoms with Crippen LogP contribution in [-0.2, 0) is 25.0 Å². The quantitative estimate of drug-likeness (QED) is 0.476. The van der Waals surface area contributed by atoms with Gasteiger partial charge in [-0.15, -0.1) is 0 Å². The van der Waals surface area contributed by atoms with Gasteiger partial charge in [0.1, 0.15) is 0 Å². The van der Waals surface area contributed by atoms with Crippen molar-refractivity contribution < 1.29 is 36.3 Å². The third-order valence-corrected chi connectivity index (χ3v) is 7.35. The molecule has 11 heteroatoms. The van der Waals surface area contributed by atoms with Crippen molar-refractivity contribution in [2.45, 2.75) is 63.9 Å². The molecule has 0 saturated heterocycles. The maximum atomic E-state index is 12.9. The average Bonchev–Trinajstić information content (AvgIpc) is 3.53. The third-order valence-electron chi connectivity index (χ3n) is 5.66. The van der Waals surface area contributed by atoms with Crippen LogP contribution >= 0.6 is 0 Å². The predicted molar refractivity (Wildman–Crippen MR) is 130 cm³/mol. The Labute approximate surface area is 209 Å². The van der Waals surface area contributed by atoms with Gasteiger partial charge in [0.25, 0.3) is 10.0 Å². The first kappa shape index (κ1) is 29.2. The lowest BCUT2D eigenvalue weighted by Crippen LogP contribution is -2.36. The van der Waals surface area contributed by atoms with Crippen molar-refractivity contribution in [1.82, 2.24) is 5.32 Å². The monoisotopic (exact) mass is 528 g/mol. The second-order valence-corrected chi connectivity index (χ2v) is 11.0. The van der Waals surface area contributed by atoms with Crippen molar-refractivity contribution in [2.24, 2.45) is 5.92 Å². The van der Waals surface area contributed by atoms with Crippen molar-refractivity contribution in [1.29, 1.82) is 0 Å². The number of aryl methyl sites for hydroxylation is 3. The summed E-state index contributed by atoms with van der Waals surface area (Å²) in [5, 5.41) is 10.1. The van der Waals surface area contributed by atoms with Crippen LogP contribution < -0.4 is 10.0 Å². The Bertz CT molecular complexity index is 1200. The summed E-state index contributed by atoms with van der Waals surface area (Å²) < 4.78 is 60.3. The minimum atomic E-state index is -5.08. The maximum Gasteiger partial charge on any atom is 0.490 e. The molecule has 1 aliphatic rings. The molecular weight excluding hydrogens is 497 g/mol. The first-order valence-electron chi connectivity index (χ1n) is 11.3. The maximum absolute atomic E-state index is 12.9. The Morgan fingerprint density at radius 3 is 1.89 bits per heavy atom. The Kier molecular flexibility index (Phi) is 8.82. The third kappa shape index (κ3) is 7.22. The summed E-state index contributed by atoms with van der Waals surface area (Å²) in [6.45, 7) is 10.4. The number of carbonyl (C=O) groups is 2. The topological polar surface area (TPSA) is 113 Å². The molecule has 0 spiro atoms. The van der Waals surface area contributed by atoms with E-state index in [1.54, 1.807) is 12.1 Å². The summed E-state index contributed by atoms with van der Waals surface area (Å²) in [6, 6.07) is 10.9.